The zero-order chi connectivity index (χ0) is 21.5. The summed E-state index contributed by atoms with van der Waals surface area (Å²) in [6.07, 6.45) is 0. The van der Waals surface area contributed by atoms with Gasteiger partial charge in [-0.2, -0.15) is 5.10 Å². The zero-order valence-electron chi connectivity index (χ0n) is 17.8. The summed E-state index contributed by atoms with van der Waals surface area (Å²) in [6.45, 7) is 8.36. The summed E-state index contributed by atoms with van der Waals surface area (Å²) >= 11 is 0. The minimum Gasteiger partial charge on any atom is -0.350 e. The lowest BCUT2D eigenvalue weighted by Crippen LogP contribution is -2.64. The van der Waals surface area contributed by atoms with Gasteiger partial charge in [0.15, 0.2) is 0 Å². The third-order valence-corrected chi connectivity index (χ3v) is 5.63. The van der Waals surface area contributed by atoms with E-state index in [1.807, 2.05) is 69.3 Å². The van der Waals surface area contributed by atoms with Crippen molar-refractivity contribution in [1.29, 1.82) is 0 Å². The van der Waals surface area contributed by atoms with Crippen molar-refractivity contribution in [1.82, 2.24) is 15.1 Å². The zero-order valence-corrected chi connectivity index (χ0v) is 17.8. The number of benzene rings is 2. The Morgan fingerprint density at radius 1 is 1.03 bits per heavy atom. The molecule has 6 heteroatoms. The molecule has 3 aromatic rings. The van der Waals surface area contributed by atoms with Gasteiger partial charge in [0.05, 0.1) is 12.2 Å². The summed E-state index contributed by atoms with van der Waals surface area (Å²) in [6, 6.07) is 17.5. The molecule has 0 spiro atoms. The Morgan fingerprint density at radius 3 is 2.27 bits per heavy atom. The largest absolute Gasteiger partial charge is 0.350 e. The van der Waals surface area contributed by atoms with Gasteiger partial charge in [0.1, 0.15) is 11.2 Å². The Morgan fingerprint density at radius 2 is 1.63 bits per heavy atom. The number of amides is 2. The molecule has 0 saturated heterocycles. The first kappa shape index (κ1) is 19.9. The van der Waals surface area contributed by atoms with Crippen molar-refractivity contribution in [2.75, 3.05) is 4.90 Å². The van der Waals surface area contributed by atoms with Gasteiger partial charge in [-0.15, -0.1) is 0 Å². The van der Waals surface area contributed by atoms with Crippen LogP contribution in [0, 0.1) is 20.8 Å². The predicted molar refractivity (Wildman–Crippen MR) is 116 cm³/mol. The van der Waals surface area contributed by atoms with Crippen molar-refractivity contribution in [3.8, 4) is 0 Å². The molecule has 30 heavy (non-hydrogen) atoms. The minimum absolute atomic E-state index is 0.212. The molecule has 1 atom stereocenters. The molecule has 2 heterocycles. The van der Waals surface area contributed by atoms with Crippen LogP contribution in [0.2, 0.25) is 0 Å². The van der Waals surface area contributed by atoms with Crippen LogP contribution in [0.1, 0.15) is 39.8 Å². The fourth-order valence-electron chi connectivity index (χ4n) is 3.89. The van der Waals surface area contributed by atoms with E-state index in [0.29, 0.717) is 17.9 Å². The van der Waals surface area contributed by atoms with Gasteiger partial charge >= 0.3 is 0 Å². The van der Waals surface area contributed by atoms with Crippen LogP contribution in [0.4, 0.5) is 5.69 Å². The standard InChI is InChI=1S/C24H26N4O2/c1-16-5-9-19(10-6-16)14-25-23(30)24(4)15-27-21(13-18(3)26-27)22(29)28(24)20-11-7-17(2)8-12-20/h5-13H,14-15H2,1-4H3,(H,25,30). The summed E-state index contributed by atoms with van der Waals surface area (Å²) in [5.41, 5.74) is 4.11. The number of aryl methyl sites for hydroxylation is 3. The molecular weight excluding hydrogens is 376 g/mol. The lowest BCUT2D eigenvalue weighted by Gasteiger charge is -2.43. The van der Waals surface area contributed by atoms with Crippen molar-refractivity contribution in [2.45, 2.75) is 46.3 Å². The Hall–Kier alpha value is -3.41. The van der Waals surface area contributed by atoms with E-state index in [-0.39, 0.29) is 18.4 Å². The Bertz CT molecular complexity index is 1100. The van der Waals surface area contributed by atoms with Crippen molar-refractivity contribution in [3.63, 3.8) is 0 Å². The number of rotatable bonds is 4. The molecule has 0 aliphatic carbocycles. The lowest BCUT2D eigenvalue weighted by molar-refractivity contribution is -0.126. The van der Waals surface area contributed by atoms with Gasteiger partial charge in [-0.05, 0) is 51.5 Å². The molecule has 2 amide bonds. The molecule has 1 aromatic heterocycles. The Labute approximate surface area is 176 Å². The number of fused-ring (bicyclic) bond motifs is 1. The van der Waals surface area contributed by atoms with E-state index < -0.39 is 5.54 Å². The first-order valence-corrected chi connectivity index (χ1v) is 10.1. The van der Waals surface area contributed by atoms with E-state index in [2.05, 4.69) is 10.4 Å². The second-order valence-electron chi connectivity index (χ2n) is 8.25. The second-order valence-corrected chi connectivity index (χ2v) is 8.25. The maximum absolute atomic E-state index is 13.4. The average molecular weight is 402 g/mol. The average Bonchev–Trinajstić information content (AvgIpc) is 3.09. The highest BCUT2D eigenvalue weighted by Gasteiger charge is 2.48. The lowest BCUT2D eigenvalue weighted by atomic mass is 9.93. The van der Waals surface area contributed by atoms with E-state index >= 15 is 0 Å². The molecule has 2 aromatic carbocycles. The summed E-state index contributed by atoms with van der Waals surface area (Å²) in [4.78, 5) is 28.5. The predicted octanol–water partition coefficient (Wildman–Crippen LogP) is 3.54. The quantitative estimate of drug-likeness (QED) is 0.726. The highest BCUT2D eigenvalue weighted by Crippen LogP contribution is 2.33. The summed E-state index contributed by atoms with van der Waals surface area (Å²) in [7, 11) is 0. The molecule has 1 aliphatic rings. The van der Waals surface area contributed by atoms with Crippen molar-refractivity contribution < 1.29 is 9.59 Å². The molecule has 0 fully saturated rings. The molecule has 4 rings (SSSR count). The van der Waals surface area contributed by atoms with Crippen LogP contribution in [0.5, 0.6) is 0 Å². The number of carbonyl (C=O) groups is 2. The van der Waals surface area contributed by atoms with Crippen molar-refractivity contribution in [2.24, 2.45) is 0 Å². The molecule has 1 unspecified atom stereocenters. The molecule has 1 aliphatic heterocycles. The van der Waals surface area contributed by atoms with Gasteiger partial charge in [0, 0.05) is 12.2 Å². The van der Waals surface area contributed by atoms with Crippen LogP contribution in [-0.4, -0.2) is 27.1 Å². The first-order valence-electron chi connectivity index (χ1n) is 10.1. The van der Waals surface area contributed by atoms with Gasteiger partial charge in [-0.1, -0.05) is 47.5 Å². The van der Waals surface area contributed by atoms with Gasteiger partial charge in [-0.25, -0.2) is 0 Å². The number of carbonyl (C=O) groups excluding carboxylic acids is 2. The molecule has 1 N–H and O–H groups in total. The topological polar surface area (TPSA) is 67.2 Å². The van der Waals surface area contributed by atoms with Crippen LogP contribution in [-0.2, 0) is 17.9 Å². The molecule has 6 nitrogen and oxygen atoms in total. The van der Waals surface area contributed by atoms with Crippen LogP contribution < -0.4 is 10.2 Å². The van der Waals surface area contributed by atoms with Crippen molar-refractivity contribution >= 4 is 17.5 Å². The summed E-state index contributed by atoms with van der Waals surface area (Å²) < 4.78 is 1.65. The summed E-state index contributed by atoms with van der Waals surface area (Å²) in [5.74, 6) is -0.436. The second kappa shape index (κ2) is 7.44. The maximum Gasteiger partial charge on any atom is 0.277 e. The van der Waals surface area contributed by atoms with E-state index in [1.54, 1.807) is 22.6 Å². The molecule has 0 radical (unpaired) electrons. The number of anilines is 1. The van der Waals surface area contributed by atoms with Crippen LogP contribution >= 0.6 is 0 Å². The first-order chi connectivity index (χ1) is 14.3. The number of nitrogens with one attached hydrogen (secondary N) is 1. The summed E-state index contributed by atoms with van der Waals surface area (Å²) in [5, 5.41) is 7.46. The maximum atomic E-state index is 13.4. The van der Waals surface area contributed by atoms with Gasteiger partial charge in [0.2, 0.25) is 5.91 Å². The molecule has 154 valence electrons. The van der Waals surface area contributed by atoms with E-state index in [1.165, 1.54) is 5.56 Å². The number of aromatic nitrogens is 2. The van der Waals surface area contributed by atoms with E-state index in [9.17, 15) is 9.59 Å². The number of nitrogens with zero attached hydrogens (tertiary/aromatic N) is 3. The SMILES string of the molecule is Cc1ccc(CNC(=O)C2(C)Cn3nc(C)cc3C(=O)N2c2ccc(C)cc2)cc1. The van der Waals surface area contributed by atoms with Crippen LogP contribution in [0.15, 0.2) is 54.6 Å². The highest BCUT2D eigenvalue weighted by atomic mass is 16.2. The van der Waals surface area contributed by atoms with Gasteiger partial charge in [-0.3, -0.25) is 19.2 Å². The molecular formula is C24H26N4O2. The van der Waals surface area contributed by atoms with E-state index in [4.69, 9.17) is 0 Å². The van der Waals surface area contributed by atoms with Crippen LogP contribution in [0.3, 0.4) is 0 Å². The minimum atomic E-state index is -1.11. The van der Waals surface area contributed by atoms with Crippen LogP contribution in [0.25, 0.3) is 0 Å². The Balaban J connectivity index is 1.69. The fraction of sp³-hybridized carbons (Fsp3) is 0.292. The number of hydrogen-bond donors (Lipinski definition) is 1. The highest BCUT2D eigenvalue weighted by molar-refractivity contribution is 6.11. The molecule has 0 bridgehead atoms. The molecule has 0 saturated carbocycles. The number of hydrogen-bond acceptors (Lipinski definition) is 3. The third-order valence-electron chi connectivity index (χ3n) is 5.63. The monoisotopic (exact) mass is 402 g/mol. The third kappa shape index (κ3) is 3.49. The normalized spacial score (nSPS) is 18.3. The van der Waals surface area contributed by atoms with Gasteiger partial charge in [0.25, 0.3) is 5.91 Å². The van der Waals surface area contributed by atoms with E-state index in [0.717, 1.165) is 16.8 Å². The van der Waals surface area contributed by atoms with Gasteiger partial charge < -0.3 is 5.32 Å². The fourth-order valence-corrected chi connectivity index (χ4v) is 3.89. The Kier molecular flexibility index (Phi) is 4.94. The van der Waals surface area contributed by atoms with Crippen molar-refractivity contribution in [3.05, 3.63) is 82.7 Å². The smallest absolute Gasteiger partial charge is 0.277 e.